The van der Waals surface area contributed by atoms with Crippen LogP contribution in [0.5, 0.6) is 0 Å². The van der Waals surface area contributed by atoms with Crippen LogP contribution in [0, 0.1) is 0 Å². The SMILES string of the molecule is CC(C)NC(=O)c1ccc(NC(=O)c2ccn(C(C)C)n2)cc1. The molecule has 0 radical (unpaired) electrons. The second kappa shape index (κ2) is 7.09. The predicted octanol–water partition coefficient (Wildman–Crippen LogP) is 2.85. The first-order valence-electron chi connectivity index (χ1n) is 7.64. The average molecular weight is 314 g/mol. The summed E-state index contributed by atoms with van der Waals surface area (Å²) in [5.41, 5.74) is 1.54. The van der Waals surface area contributed by atoms with Crippen molar-refractivity contribution in [1.82, 2.24) is 15.1 Å². The monoisotopic (exact) mass is 314 g/mol. The molecule has 2 rings (SSSR count). The Kier molecular flexibility index (Phi) is 5.16. The van der Waals surface area contributed by atoms with Gasteiger partial charge in [-0.1, -0.05) is 0 Å². The van der Waals surface area contributed by atoms with E-state index in [2.05, 4.69) is 15.7 Å². The van der Waals surface area contributed by atoms with E-state index in [1.54, 1.807) is 41.2 Å². The second-order valence-electron chi connectivity index (χ2n) is 5.93. The van der Waals surface area contributed by atoms with E-state index in [-0.39, 0.29) is 23.9 Å². The van der Waals surface area contributed by atoms with Crippen LogP contribution in [0.15, 0.2) is 36.5 Å². The molecule has 0 atom stereocenters. The number of carbonyl (C=O) groups is 2. The van der Waals surface area contributed by atoms with Crippen LogP contribution in [0.2, 0.25) is 0 Å². The van der Waals surface area contributed by atoms with Gasteiger partial charge < -0.3 is 10.6 Å². The van der Waals surface area contributed by atoms with Gasteiger partial charge in [-0.2, -0.15) is 5.10 Å². The number of hydrogen-bond donors (Lipinski definition) is 2. The van der Waals surface area contributed by atoms with Crippen molar-refractivity contribution < 1.29 is 9.59 Å². The van der Waals surface area contributed by atoms with Gasteiger partial charge in [0, 0.05) is 29.5 Å². The van der Waals surface area contributed by atoms with Gasteiger partial charge >= 0.3 is 0 Å². The van der Waals surface area contributed by atoms with Gasteiger partial charge in [-0.15, -0.1) is 0 Å². The highest BCUT2D eigenvalue weighted by Crippen LogP contribution is 2.12. The number of amides is 2. The molecule has 0 saturated heterocycles. The van der Waals surface area contributed by atoms with Gasteiger partial charge in [0.05, 0.1) is 0 Å². The van der Waals surface area contributed by atoms with E-state index in [9.17, 15) is 9.59 Å². The van der Waals surface area contributed by atoms with Crippen LogP contribution < -0.4 is 10.6 Å². The van der Waals surface area contributed by atoms with E-state index in [1.807, 2.05) is 27.7 Å². The van der Waals surface area contributed by atoms with Gasteiger partial charge in [-0.05, 0) is 58.0 Å². The van der Waals surface area contributed by atoms with Gasteiger partial charge in [-0.25, -0.2) is 0 Å². The summed E-state index contributed by atoms with van der Waals surface area (Å²) in [4.78, 5) is 24.0. The fraction of sp³-hybridized carbons (Fsp3) is 0.353. The number of anilines is 1. The Labute approximate surface area is 135 Å². The Morgan fingerprint density at radius 3 is 2.17 bits per heavy atom. The van der Waals surface area contributed by atoms with Gasteiger partial charge in [0.25, 0.3) is 11.8 Å². The fourth-order valence-corrected chi connectivity index (χ4v) is 1.99. The lowest BCUT2D eigenvalue weighted by Crippen LogP contribution is -2.30. The highest BCUT2D eigenvalue weighted by atomic mass is 16.2. The molecule has 0 fully saturated rings. The maximum atomic E-state index is 12.1. The Morgan fingerprint density at radius 2 is 1.65 bits per heavy atom. The molecule has 2 N–H and O–H groups in total. The summed E-state index contributed by atoms with van der Waals surface area (Å²) in [6.07, 6.45) is 1.78. The zero-order valence-electron chi connectivity index (χ0n) is 13.8. The highest BCUT2D eigenvalue weighted by Gasteiger charge is 2.12. The molecule has 0 spiro atoms. The first kappa shape index (κ1) is 16.7. The van der Waals surface area contributed by atoms with E-state index in [4.69, 9.17) is 0 Å². The minimum Gasteiger partial charge on any atom is -0.350 e. The van der Waals surface area contributed by atoms with Gasteiger partial charge in [-0.3, -0.25) is 14.3 Å². The third-order valence-corrected chi connectivity index (χ3v) is 3.19. The molecule has 122 valence electrons. The largest absolute Gasteiger partial charge is 0.350 e. The lowest BCUT2D eigenvalue weighted by molar-refractivity contribution is 0.0942. The third-order valence-electron chi connectivity index (χ3n) is 3.19. The van der Waals surface area contributed by atoms with Crippen LogP contribution in [0.25, 0.3) is 0 Å². The van der Waals surface area contributed by atoms with Gasteiger partial charge in [0.15, 0.2) is 5.69 Å². The van der Waals surface area contributed by atoms with E-state index in [1.165, 1.54) is 0 Å². The van der Waals surface area contributed by atoms with Crippen LogP contribution in [-0.2, 0) is 0 Å². The van der Waals surface area contributed by atoms with Crippen LogP contribution in [-0.4, -0.2) is 27.6 Å². The van der Waals surface area contributed by atoms with Crippen LogP contribution in [0.4, 0.5) is 5.69 Å². The summed E-state index contributed by atoms with van der Waals surface area (Å²) in [5, 5.41) is 9.82. The summed E-state index contributed by atoms with van der Waals surface area (Å²) in [6, 6.07) is 8.73. The van der Waals surface area contributed by atoms with Crippen LogP contribution >= 0.6 is 0 Å². The molecular formula is C17H22N4O2. The molecule has 1 aromatic carbocycles. The zero-order chi connectivity index (χ0) is 17.0. The number of aromatic nitrogens is 2. The second-order valence-corrected chi connectivity index (χ2v) is 5.93. The molecule has 0 unspecified atom stereocenters. The van der Waals surface area contributed by atoms with Crippen molar-refractivity contribution >= 4 is 17.5 Å². The zero-order valence-corrected chi connectivity index (χ0v) is 13.8. The van der Waals surface area contributed by atoms with Crippen molar-refractivity contribution in [1.29, 1.82) is 0 Å². The van der Waals surface area contributed by atoms with Crippen LogP contribution in [0.1, 0.15) is 54.6 Å². The Hall–Kier alpha value is -2.63. The smallest absolute Gasteiger partial charge is 0.276 e. The summed E-state index contributed by atoms with van der Waals surface area (Å²) >= 11 is 0. The van der Waals surface area contributed by atoms with Gasteiger partial charge in [0.1, 0.15) is 0 Å². The maximum Gasteiger partial charge on any atom is 0.276 e. The topological polar surface area (TPSA) is 76.0 Å². The predicted molar refractivity (Wildman–Crippen MR) is 89.6 cm³/mol. The molecule has 0 aliphatic heterocycles. The molecule has 0 bridgehead atoms. The van der Waals surface area contributed by atoms with Crippen molar-refractivity contribution in [2.45, 2.75) is 39.8 Å². The average Bonchev–Trinajstić information content (AvgIpc) is 2.97. The normalized spacial score (nSPS) is 10.9. The molecule has 0 saturated carbocycles. The quantitative estimate of drug-likeness (QED) is 0.891. The highest BCUT2D eigenvalue weighted by molar-refractivity contribution is 6.03. The van der Waals surface area contributed by atoms with Crippen LogP contribution in [0.3, 0.4) is 0 Å². The fourth-order valence-electron chi connectivity index (χ4n) is 1.99. The van der Waals surface area contributed by atoms with Gasteiger partial charge in [0.2, 0.25) is 0 Å². The lowest BCUT2D eigenvalue weighted by Gasteiger charge is -2.09. The number of carbonyl (C=O) groups excluding carboxylic acids is 2. The number of nitrogens with one attached hydrogen (secondary N) is 2. The van der Waals surface area contributed by atoms with E-state index in [0.717, 1.165) is 0 Å². The molecule has 23 heavy (non-hydrogen) atoms. The Balaban J connectivity index is 2.02. The Bertz CT molecular complexity index is 687. The van der Waals surface area contributed by atoms with Crippen molar-refractivity contribution in [3.63, 3.8) is 0 Å². The summed E-state index contributed by atoms with van der Waals surface area (Å²) in [6.45, 7) is 7.80. The molecule has 0 aliphatic rings. The number of hydrogen-bond acceptors (Lipinski definition) is 3. The van der Waals surface area contributed by atoms with E-state index >= 15 is 0 Å². The Morgan fingerprint density at radius 1 is 1.00 bits per heavy atom. The maximum absolute atomic E-state index is 12.1. The molecule has 2 aromatic rings. The minimum atomic E-state index is -0.274. The van der Waals surface area contributed by atoms with E-state index in [0.29, 0.717) is 16.9 Å². The standard InChI is InChI=1S/C17H22N4O2/c1-11(2)18-16(22)13-5-7-14(8-6-13)19-17(23)15-9-10-21(20-15)12(3)4/h5-12H,1-4H3,(H,18,22)(H,19,23). The van der Waals surface area contributed by atoms with Crippen molar-refractivity contribution in [3.8, 4) is 0 Å². The molecule has 2 amide bonds. The number of benzene rings is 1. The summed E-state index contributed by atoms with van der Waals surface area (Å²) < 4.78 is 1.73. The first-order valence-corrected chi connectivity index (χ1v) is 7.64. The van der Waals surface area contributed by atoms with E-state index < -0.39 is 0 Å². The third kappa shape index (κ3) is 4.42. The van der Waals surface area contributed by atoms with Crippen molar-refractivity contribution in [2.75, 3.05) is 5.32 Å². The van der Waals surface area contributed by atoms with Crippen molar-refractivity contribution in [3.05, 3.63) is 47.8 Å². The molecule has 1 heterocycles. The minimum absolute atomic E-state index is 0.0814. The van der Waals surface area contributed by atoms with Crippen molar-refractivity contribution in [2.24, 2.45) is 0 Å². The number of nitrogens with zero attached hydrogens (tertiary/aromatic N) is 2. The lowest BCUT2D eigenvalue weighted by atomic mass is 10.2. The molecule has 0 aliphatic carbocycles. The molecular weight excluding hydrogens is 292 g/mol. The summed E-state index contributed by atoms with van der Waals surface area (Å²) in [7, 11) is 0. The number of rotatable bonds is 5. The first-order chi connectivity index (χ1) is 10.9. The molecule has 6 nitrogen and oxygen atoms in total. The molecule has 6 heteroatoms. The summed E-state index contributed by atoms with van der Waals surface area (Å²) in [5.74, 6) is -0.405. The molecule has 1 aromatic heterocycles.